The van der Waals surface area contributed by atoms with Gasteiger partial charge in [0.25, 0.3) is 0 Å². The van der Waals surface area contributed by atoms with Crippen LogP contribution in [0.5, 0.6) is 5.75 Å². The van der Waals surface area contributed by atoms with E-state index >= 15 is 0 Å². The molecular formula is C19H19ClN2O3. The summed E-state index contributed by atoms with van der Waals surface area (Å²) in [5.74, 6) is 0.247. The van der Waals surface area contributed by atoms with Gasteiger partial charge in [-0.25, -0.2) is 0 Å². The van der Waals surface area contributed by atoms with Crippen molar-refractivity contribution in [3.8, 4) is 5.75 Å². The van der Waals surface area contributed by atoms with Crippen molar-refractivity contribution in [1.82, 2.24) is 5.32 Å². The highest BCUT2D eigenvalue weighted by atomic mass is 35.5. The van der Waals surface area contributed by atoms with Crippen molar-refractivity contribution < 1.29 is 14.3 Å². The summed E-state index contributed by atoms with van der Waals surface area (Å²) in [4.78, 5) is 26.3. The molecule has 1 N–H and O–H groups in total. The van der Waals surface area contributed by atoms with Gasteiger partial charge in [0.1, 0.15) is 12.3 Å². The van der Waals surface area contributed by atoms with Gasteiger partial charge in [0, 0.05) is 5.02 Å². The summed E-state index contributed by atoms with van der Waals surface area (Å²) in [6.45, 7) is 2.14. The Hall–Kier alpha value is -2.53. The van der Waals surface area contributed by atoms with Crippen LogP contribution in [0.3, 0.4) is 0 Å². The molecule has 25 heavy (non-hydrogen) atoms. The number of halogens is 1. The normalized spacial score (nSPS) is 15.0. The molecule has 130 valence electrons. The van der Waals surface area contributed by atoms with E-state index in [1.807, 2.05) is 37.3 Å². The van der Waals surface area contributed by atoms with E-state index in [1.54, 1.807) is 18.2 Å². The Morgan fingerprint density at radius 2 is 2.08 bits per heavy atom. The van der Waals surface area contributed by atoms with Gasteiger partial charge in [-0.3, -0.25) is 14.5 Å². The van der Waals surface area contributed by atoms with Crippen molar-refractivity contribution in [3.05, 3.63) is 59.1 Å². The van der Waals surface area contributed by atoms with Crippen LogP contribution in [0.25, 0.3) is 0 Å². The van der Waals surface area contributed by atoms with E-state index in [1.165, 1.54) is 4.90 Å². The first-order valence-corrected chi connectivity index (χ1v) is 8.49. The van der Waals surface area contributed by atoms with Crippen molar-refractivity contribution in [2.75, 3.05) is 18.1 Å². The molecule has 5 nitrogen and oxygen atoms in total. The quantitative estimate of drug-likeness (QED) is 0.912. The summed E-state index contributed by atoms with van der Waals surface area (Å²) in [6.07, 6.45) is 0.242. The van der Waals surface area contributed by atoms with Gasteiger partial charge in [0.15, 0.2) is 0 Å². The SMILES string of the molecule is C[C@H](NC(=O)CN1C(=O)CCOc2ccccc21)c1cccc(Cl)c1. The third-order valence-corrected chi connectivity index (χ3v) is 4.29. The lowest BCUT2D eigenvalue weighted by atomic mass is 10.1. The summed E-state index contributed by atoms with van der Waals surface area (Å²) in [5.41, 5.74) is 1.53. The Labute approximate surface area is 151 Å². The number of ether oxygens (including phenoxy) is 1. The zero-order valence-corrected chi connectivity index (χ0v) is 14.6. The Morgan fingerprint density at radius 1 is 1.28 bits per heavy atom. The minimum Gasteiger partial charge on any atom is -0.491 e. The first kappa shape index (κ1) is 17.3. The molecule has 0 radical (unpaired) electrons. The number of fused-ring (bicyclic) bond motifs is 1. The van der Waals surface area contributed by atoms with Crippen LogP contribution in [0.2, 0.25) is 5.02 Å². The standard InChI is InChI=1S/C19H19ClN2O3/c1-13(14-5-4-6-15(20)11-14)21-18(23)12-22-16-7-2-3-8-17(16)25-10-9-19(22)24/h2-8,11,13H,9-10,12H2,1H3,(H,21,23)/t13-/m0/s1. The molecule has 2 aromatic rings. The van der Waals surface area contributed by atoms with E-state index in [4.69, 9.17) is 16.3 Å². The number of para-hydroxylation sites is 2. The molecule has 1 aliphatic heterocycles. The molecule has 0 fully saturated rings. The van der Waals surface area contributed by atoms with Crippen LogP contribution < -0.4 is 15.0 Å². The molecule has 0 spiro atoms. The maximum absolute atomic E-state index is 12.5. The van der Waals surface area contributed by atoms with Gasteiger partial charge in [-0.1, -0.05) is 35.9 Å². The second kappa shape index (κ2) is 7.57. The average molecular weight is 359 g/mol. The number of hydrogen-bond donors (Lipinski definition) is 1. The summed E-state index contributed by atoms with van der Waals surface area (Å²) in [6, 6.07) is 14.4. The van der Waals surface area contributed by atoms with Crippen LogP contribution in [0.4, 0.5) is 5.69 Å². The molecule has 2 aromatic carbocycles. The van der Waals surface area contributed by atoms with Gasteiger partial charge in [-0.2, -0.15) is 0 Å². The Morgan fingerprint density at radius 3 is 2.88 bits per heavy atom. The minimum absolute atomic E-state index is 0.0515. The topological polar surface area (TPSA) is 58.6 Å². The van der Waals surface area contributed by atoms with Gasteiger partial charge in [0.05, 0.1) is 24.8 Å². The molecule has 0 saturated heterocycles. The van der Waals surface area contributed by atoms with Gasteiger partial charge >= 0.3 is 0 Å². The lowest BCUT2D eigenvalue weighted by Crippen LogP contribution is -2.41. The van der Waals surface area contributed by atoms with Crippen molar-refractivity contribution in [3.63, 3.8) is 0 Å². The van der Waals surface area contributed by atoms with Crippen LogP contribution in [0, 0.1) is 0 Å². The third-order valence-electron chi connectivity index (χ3n) is 4.06. The number of hydrogen-bond acceptors (Lipinski definition) is 3. The predicted octanol–water partition coefficient (Wildman–Crippen LogP) is 3.33. The first-order chi connectivity index (χ1) is 12.0. The highest BCUT2D eigenvalue weighted by Gasteiger charge is 2.25. The van der Waals surface area contributed by atoms with E-state index in [0.717, 1.165) is 5.56 Å². The number of amides is 2. The number of nitrogens with zero attached hydrogens (tertiary/aromatic N) is 1. The molecule has 0 aromatic heterocycles. The summed E-state index contributed by atoms with van der Waals surface area (Å²) >= 11 is 6.00. The number of nitrogens with one attached hydrogen (secondary N) is 1. The van der Waals surface area contributed by atoms with Gasteiger partial charge in [-0.05, 0) is 36.8 Å². The zero-order chi connectivity index (χ0) is 17.8. The zero-order valence-electron chi connectivity index (χ0n) is 13.9. The molecule has 6 heteroatoms. The van der Waals surface area contributed by atoms with Gasteiger partial charge in [-0.15, -0.1) is 0 Å². The smallest absolute Gasteiger partial charge is 0.240 e. The molecule has 3 rings (SSSR count). The number of carbonyl (C=O) groups excluding carboxylic acids is 2. The van der Waals surface area contributed by atoms with Crippen LogP contribution in [0.15, 0.2) is 48.5 Å². The van der Waals surface area contributed by atoms with Crippen molar-refractivity contribution in [2.24, 2.45) is 0 Å². The number of benzene rings is 2. The molecular weight excluding hydrogens is 340 g/mol. The van der Waals surface area contributed by atoms with E-state index in [-0.39, 0.29) is 30.8 Å². The van der Waals surface area contributed by atoms with Gasteiger partial charge < -0.3 is 10.1 Å². The molecule has 0 saturated carbocycles. The Balaban J connectivity index is 1.72. The maximum Gasteiger partial charge on any atom is 0.240 e. The van der Waals surface area contributed by atoms with Gasteiger partial charge in [0.2, 0.25) is 11.8 Å². The monoisotopic (exact) mass is 358 g/mol. The van der Waals surface area contributed by atoms with E-state index in [9.17, 15) is 9.59 Å². The molecule has 0 bridgehead atoms. The molecule has 1 atom stereocenters. The molecule has 1 heterocycles. The van der Waals surface area contributed by atoms with Crippen LogP contribution in [0.1, 0.15) is 24.9 Å². The third kappa shape index (κ3) is 4.12. The van der Waals surface area contributed by atoms with Crippen molar-refractivity contribution >= 4 is 29.1 Å². The summed E-state index contributed by atoms with van der Waals surface area (Å²) in [7, 11) is 0. The Kier molecular flexibility index (Phi) is 5.24. The molecule has 2 amide bonds. The van der Waals surface area contributed by atoms with Crippen LogP contribution in [-0.4, -0.2) is 25.0 Å². The number of anilines is 1. The van der Waals surface area contributed by atoms with E-state index < -0.39 is 0 Å². The van der Waals surface area contributed by atoms with Crippen molar-refractivity contribution in [2.45, 2.75) is 19.4 Å². The highest BCUT2D eigenvalue weighted by molar-refractivity contribution is 6.30. The molecule has 0 aliphatic carbocycles. The first-order valence-electron chi connectivity index (χ1n) is 8.11. The van der Waals surface area contributed by atoms with Crippen LogP contribution in [-0.2, 0) is 9.59 Å². The minimum atomic E-state index is -0.238. The fraction of sp³-hybridized carbons (Fsp3) is 0.263. The Bertz CT molecular complexity index is 794. The summed E-state index contributed by atoms with van der Waals surface area (Å²) in [5, 5.41) is 3.53. The largest absolute Gasteiger partial charge is 0.491 e. The second-order valence-corrected chi connectivity index (χ2v) is 6.33. The molecule has 1 aliphatic rings. The number of carbonyl (C=O) groups is 2. The van der Waals surface area contributed by atoms with E-state index in [0.29, 0.717) is 23.1 Å². The highest BCUT2D eigenvalue weighted by Crippen LogP contribution is 2.30. The summed E-state index contributed by atoms with van der Waals surface area (Å²) < 4.78 is 5.59. The van der Waals surface area contributed by atoms with E-state index in [2.05, 4.69) is 5.32 Å². The fourth-order valence-corrected chi connectivity index (χ4v) is 2.98. The second-order valence-electron chi connectivity index (χ2n) is 5.89. The van der Waals surface area contributed by atoms with Crippen molar-refractivity contribution in [1.29, 1.82) is 0 Å². The predicted molar refractivity (Wildman–Crippen MR) is 96.9 cm³/mol. The number of rotatable bonds is 4. The van der Waals surface area contributed by atoms with Crippen LogP contribution >= 0.6 is 11.6 Å². The lowest BCUT2D eigenvalue weighted by molar-refractivity contribution is -0.124. The maximum atomic E-state index is 12.5. The molecule has 0 unspecified atom stereocenters. The average Bonchev–Trinajstić information content (AvgIpc) is 2.74. The lowest BCUT2D eigenvalue weighted by Gasteiger charge is -2.23. The fourth-order valence-electron chi connectivity index (χ4n) is 2.78.